The third-order valence-electron chi connectivity index (χ3n) is 3.29. The third-order valence-corrected chi connectivity index (χ3v) is 6.05. The smallest absolute Gasteiger partial charge is 0.0571 e. The maximum Gasteiger partial charge on any atom is 0.0571 e. The van der Waals surface area contributed by atoms with E-state index in [-0.39, 0.29) is 9.52 Å². The van der Waals surface area contributed by atoms with Crippen molar-refractivity contribution >= 4 is 9.52 Å². The van der Waals surface area contributed by atoms with Crippen molar-refractivity contribution in [2.45, 2.75) is 51.8 Å². The Morgan fingerprint density at radius 1 is 1.25 bits per heavy atom. The normalized spacial score (nSPS) is 33.0. The van der Waals surface area contributed by atoms with Crippen molar-refractivity contribution in [1.82, 2.24) is 0 Å². The van der Waals surface area contributed by atoms with Crippen LogP contribution in [0.2, 0.25) is 6.55 Å². The van der Waals surface area contributed by atoms with Gasteiger partial charge >= 0.3 is 0 Å². The minimum absolute atomic E-state index is 0.0650. The van der Waals surface area contributed by atoms with Crippen LogP contribution in [0.15, 0.2) is 0 Å². The summed E-state index contributed by atoms with van der Waals surface area (Å²) in [4.78, 5) is 0. The van der Waals surface area contributed by atoms with E-state index < -0.39 is 0 Å². The predicted octanol–water partition coefficient (Wildman–Crippen LogP) is 2.15. The first-order valence-corrected chi connectivity index (χ1v) is 7.28. The third kappa shape index (κ3) is 1.74. The Balaban J connectivity index is 2.73. The lowest BCUT2D eigenvalue weighted by Crippen LogP contribution is -2.51. The van der Waals surface area contributed by atoms with Crippen LogP contribution in [0.1, 0.15) is 40.0 Å². The molecule has 1 nitrogen and oxygen atoms in total. The average Bonchev–Trinajstić information content (AvgIpc) is 2.04. The molecule has 0 saturated carbocycles. The lowest BCUT2D eigenvalue weighted by atomic mass is 9.84. The SMILES string of the molecule is C[SiH2]C1(C(C)(C)C)CCCCO1. The lowest BCUT2D eigenvalue weighted by Gasteiger charge is -2.46. The molecule has 1 heterocycles. The Morgan fingerprint density at radius 2 is 1.92 bits per heavy atom. The Hall–Kier alpha value is 0.177. The van der Waals surface area contributed by atoms with Crippen molar-refractivity contribution in [2.24, 2.45) is 5.41 Å². The van der Waals surface area contributed by atoms with Gasteiger partial charge < -0.3 is 4.74 Å². The second kappa shape index (κ2) is 3.50. The Kier molecular flexibility index (Phi) is 3.00. The van der Waals surface area contributed by atoms with Crippen molar-refractivity contribution in [1.29, 1.82) is 0 Å². The summed E-state index contributed by atoms with van der Waals surface area (Å²) in [5, 5.41) is 0.297. The van der Waals surface area contributed by atoms with E-state index in [1.807, 2.05) is 0 Å². The number of rotatable bonds is 1. The summed E-state index contributed by atoms with van der Waals surface area (Å²) < 4.78 is 6.04. The zero-order valence-corrected chi connectivity index (χ0v) is 10.4. The van der Waals surface area contributed by atoms with Crippen LogP contribution in [0.5, 0.6) is 0 Å². The fourth-order valence-electron chi connectivity index (χ4n) is 2.25. The molecule has 1 fully saturated rings. The van der Waals surface area contributed by atoms with Crippen LogP contribution in [-0.4, -0.2) is 21.4 Å². The van der Waals surface area contributed by atoms with Crippen LogP contribution in [0.3, 0.4) is 0 Å². The van der Waals surface area contributed by atoms with Gasteiger partial charge in [-0.1, -0.05) is 27.3 Å². The maximum atomic E-state index is 6.04. The maximum absolute atomic E-state index is 6.04. The molecular formula is C10H22OSi. The Labute approximate surface area is 78.7 Å². The quantitative estimate of drug-likeness (QED) is 0.570. The van der Waals surface area contributed by atoms with Crippen molar-refractivity contribution in [3.05, 3.63) is 0 Å². The van der Waals surface area contributed by atoms with Gasteiger partial charge in [-0.2, -0.15) is 0 Å². The Morgan fingerprint density at radius 3 is 2.17 bits per heavy atom. The molecule has 12 heavy (non-hydrogen) atoms. The summed E-state index contributed by atoms with van der Waals surface area (Å²) in [6.07, 6.45) is 3.95. The molecule has 0 aromatic heterocycles. The van der Waals surface area contributed by atoms with E-state index >= 15 is 0 Å². The van der Waals surface area contributed by atoms with Crippen LogP contribution in [0.4, 0.5) is 0 Å². The first kappa shape index (κ1) is 10.3. The first-order chi connectivity index (χ1) is 5.52. The van der Waals surface area contributed by atoms with Gasteiger partial charge in [0.1, 0.15) is 0 Å². The van der Waals surface area contributed by atoms with Crippen LogP contribution in [0, 0.1) is 5.41 Å². The Bertz CT molecular complexity index is 142. The molecule has 0 aliphatic carbocycles. The van der Waals surface area contributed by atoms with E-state index in [9.17, 15) is 0 Å². The standard InChI is InChI=1S/C10H22OSi/c1-9(2,3)10(12-4)7-5-6-8-11-10/h5-8,12H2,1-4H3. The minimum Gasteiger partial charge on any atom is -0.379 e. The van der Waals surface area contributed by atoms with Gasteiger partial charge in [0.05, 0.1) is 14.7 Å². The molecule has 0 aromatic carbocycles. The van der Waals surface area contributed by atoms with Crippen molar-refractivity contribution in [2.75, 3.05) is 6.61 Å². The van der Waals surface area contributed by atoms with Gasteiger partial charge in [0.25, 0.3) is 0 Å². The van der Waals surface area contributed by atoms with Gasteiger partial charge in [-0.25, -0.2) is 0 Å². The predicted molar refractivity (Wildman–Crippen MR) is 56.4 cm³/mol. The van der Waals surface area contributed by atoms with Gasteiger partial charge in [-0.15, -0.1) is 0 Å². The molecular weight excluding hydrogens is 164 g/mol. The highest BCUT2D eigenvalue weighted by atomic mass is 28.2. The molecule has 2 heteroatoms. The highest BCUT2D eigenvalue weighted by Gasteiger charge is 2.42. The topological polar surface area (TPSA) is 9.23 Å². The molecule has 0 aromatic rings. The first-order valence-electron chi connectivity index (χ1n) is 5.16. The van der Waals surface area contributed by atoms with Gasteiger partial charge in [-0.3, -0.25) is 0 Å². The zero-order valence-electron chi connectivity index (χ0n) is 8.94. The summed E-state index contributed by atoms with van der Waals surface area (Å²) >= 11 is 0. The minimum atomic E-state index is -0.0650. The second-order valence-electron chi connectivity index (χ2n) is 4.90. The van der Waals surface area contributed by atoms with E-state index in [1.165, 1.54) is 19.3 Å². The summed E-state index contributed by atoms with van der Waals surface area (Å²) in [5.74, 6) is 0. The lowest BCUT2D eigenvalue weighted by molar-refractivity contribution is -0.0851. The largest absolute Gasteiger partial charge is 0.379 e. The van der Waals surface area contributed by atoms with Gasteiger partial charge in [-0.05, 0) is 24.7 Å². The summed E-state index contributed by atoms with van der Waals surface area (Å²) in [7, 11) is -0.0650. The molecule has 0 bridgehead atoms. The summed E-state index contributed by atoms with van der Waals surface area (Å²) in [6, 6.07) is 0. The van der Waals surface area contributed by atoms with E-state index in [0.717, 1.165) is 6.61 Å². The van der Waals surface area contributed by atoms with Crippen LogP contribution in [0.25, 0.3) is 0 Å². The highest BCUT2D eigenvalue weighted by molar-refractivity contribution is 6.38. The summed E-state index contributed by atoms with van der Waals surface area (Å²) in [5.41, 5.74) is 0.356. The van der Waals surface area contributed by atoms with E-state index in [2.05, 4.69) is 27.3 Å². The summed E-state index contributed by atoms with van der Waals surface area (Å²) in [6.45, 7) is 10.4. The molecule has 0 amide bonds. The highest BCUT2D eigenvalue weighted by Crippen LogP contribution is 2.39. The van der Waals surface area contributed by atoms with E-state index in [0.29, 0.717) is 10.6 Å². The van der Waals surface area contributed by atoms with E-state index in [1.54, 1.807) is 0 Å². The molecule has 1 rings (SSSR count). The van der Waals surface area contributed by atoms with Gasteiger partial charge in [0.2, 0.25) is 0 Å². The van der Waals surface area contributed by atoms with E-state index in [4.69, 9.17) is 4.74 Å². The molecule has 1 atom stereocenters. The molecule has 0 spiro atoms. The fraction of sp³-hybridized carbons (Fsp3) is 1.00. The molecule has 72 valence electrons. The second-order valence-corrected chi connectivity index (χ2v) is 6.75. The molecule has 1 aliphatic heterocycles. The van der Waals surface area contributed by atoms with Gasteiger partial charge in [0.15, 0.2) is 0 Å². The average molecular weight is 186 g/mol. The molecule has 0 radical (unpaired) electrons. The number of hydrogen-bond donors (Lipinski definition) is 0. The fourth-order valence-corrected chi connectivity index (χ4v) is 4.27. The van der Waals surface area contributed by atoms with Crippen LogP contribution in [-0.2, 0) is 4.74 Å². The molecule has 1 saturated heterocycles. The number of ether oxygens (including phenoxy) is 1. The molecule has 1 aliphatic rings. The van der Waals surface area contributed by atoms with Gasteiger partial charge in [0, 0.05) is 6.61 Å². The zero-order chi connectivity index (χ0) is 9.24. The van der Waals surface area contributed by atoms with Crippen molar-refractivity contribution < 1.29 is 4.74 Å². The van der Waals surface area contributed by atoms with Crippen LogP contribution < -0.4 is 0 Å². The van der Waals surface area contributed by atoms with Crippen LogP contribution >= 0.6 is 0 Å². The molecule has 1 unspecified atom stereocenters. The number of hydrogen-bond acceptors (Lipinski definition) is 1. The van der Waals surface area contributed by atoms with Crippen molar-refractivity contribution in [3.8, 4) is 0 Å². The monoisotopic (exact) mass is 186 g/mol. The van der Waals surface area contributed by atoms with Crippen molar-refractivity contribution in [3.63, 3.8) is 0 Å². The molecule has 0 N–H and O–H groups in total.